The van der Waals surface area contributed by atoms with E-state index in [0.29, 0.717) is 30.2 Å². The van der Waals surface area contributed by atoms with Crippen molar-refractivity contribution >= 4 is 11.6 Å². The first-order chi connectivity index (χ1) is 14.1. The van der Waals surface area contributed by atoms with Crippen LogP contribution >= 0.6 is 0 Å². The average Bonchev–Trinajstić information content (AvgIpc) is 2.77. The van der Waals surface area contributed by atoms with Crippen LogP contribution in [-0.4, -0.2) is 25.1 Å². The second-order valence-corrected chi connectivity index (χ2v) is 6.67. The maximum atomic E-state index is 12.5. The van der Waals surface area contributed by atoms with E-state index in [0.717, 1.165) is 11.3 Å². The van der Waals surface area contributed by atoms with Crippen LogP contribution in [0.2, 0.25) is 0 Å². The van der Waals surface area contributed by atoms with Crippen LogP contribution in [0.3, 0.4) is 0 Å². The number of carbonyl (C=O) groups excluding carboxylic acids is 1. The van der Waals surface area contributed by atoms with Crippen LogP contribution in [0, 0.1) is 6.92 Å². The highest BCUT2D eigenvalue weighted by Gasteiger charge is 2.09. The minimum absolute atomic E-state index is 0.189. The van der Waals surface area contributed by atoms with Gasteiger partial charge in [-0.25, -0.2) is 0 Å². The first kappa shape index (κ1) is 20.2. The van der Waals surface area contributed by atoms with Gasteiger partial charge in [0, 0.05) is 25.5 Å². The predicted molar refractivity (Wildman–Crippen MR) is 113 cm³/mol. The van der Waals surface area contributed by atoms with E-state index >= 15 is 0 Å². The second-order valence-electron chi connectivity index (χ2n) is 6.67. The van der Waals surface area contributed by atoms with Crippen molar-refractivity contribution in [3.63, 3.8) is 0 Å². The molecule has 0 aliphatic heterocycles. The van der Waals surface area contributed by atoms with Crippen molar-refractivity contribution in [3.05, 3.63) is 83.2 Å². The van der Waals surface area contributed by atoms with Gasteiger partial charge in [0.2, 0.25) is 0 Å². The van der Waals surface area contributed by atoms with Crippen molar-refractivity contribution in [2.24, 2.45) is 0 Å². The Bertz CT molecular complexity index is 971. The summed E-state index contributed by atoms with van der Waals surface area (Å²) in [5.74, 6) is 1.09. The summed E-state index contributed by atoms with van der Waals surface area (Å²) in [5.41, 5.74) is 4.60. The highest BCUT2D eigenvalue weighted by molar-refractivity contribution is 5.94. The maximum absolute atomic E-state index is 12.5. The molecule has 0 atom stereocenters. The van der Waals surface area contributed by atoms with Gasteiger partial charge in [-0.05, 0) is 36.2 Å². The SMILES string of the molecule is COc1ccc(CNC(=O)c2cncc(NCc3ccc(C)cc3)c2)cc1OC. The number of aryl methyl sites for hydroxylation is 1. The smallest absolute Gasteiger partial charge is 0.253 e. The molecule has 2 N–H and O–H groups in total. The zero-order valence-electron chi connectivity index (χ0n) is 16.9. The van der Waals surface area contributed by atoms with E-state index in [2.05, 4.69) is 46.8 Å². The van der Waals surface area contributed by atoms with Gasteiger partial charge in [-0.2, -0.15) is 0 Å². The number of amides is 1. The highest BCUT2D eigenvalue weighted by atomic mass is 16.5. The molecule has 0 radical (unpaired) electrons. The lowest BCUT2D eigenvalue weighted by molar-refractivity contribution is 0.0950. The molecule has 3 aromatic rings. The molecule has 1 heterocycles. The number of hydrogen-bond acceptors (Lipinski definition) is 5. The van der Waals surface area contributed by atoms with E-state index in [4.69, 9.17) is 9.47 Å². The van der Waals surface area contributed by atoms with Gasteiger partial charge in [-0.15, -0.1) is 0 Å². The van der Waals surface area contributed by atoms with Crippen LogP contribution in [-0.2, 0) is 13.1 Å². The fourth-order valence-corrected chi connectivity index (χ4v) is 2.85. The molecule has 3 rings (SSSR count). The predicted octanol–water partition coefficient (Wildman–Crippen LogP) is 3.95. The first-order valence-corrected chi connectivity index (χ1v) is 9.32. The van der Waals surface area contributed by atoms with Gasteiger partial charge >= 0.3 is 0 Å². The summed E-state index contributed by atoms with van der Waals surface area (Å²) in [4.78, 5) is 16.7. The monoisotopic (exact) mass is 391 g/mol. The van der Waals surface area contributed by atoms with Crippen molar-refractivity contribution < 1.29 is 14.3 Å². The number of anilines is 1. The number of ether oxygens (including phenoxy) is 2. The van der Waals surface area contributed by atoms with Gasteiger partial charge in [-0.3, -0.25) is 9.78 Å². The van der Waals surface area contributed by atoms with E-state index in [1.165, 1.54) is 11.1 Å². The minimum Gasteiger partial charge on any atom is -0.493 e. The van der Waals surface area contributed by atoms with Gasteiger partial charge in [0.1, 0.15) is 0 Å². The summed E-state index contributed by atoms with van der Waals surface area (Å²) in [5, 5.41) is 6.21. The van der Waals surface area contributed by atoms with Gasteiger partial charge in [0.05, 0.1) is 25.5 Å². The lowest BCUT2D eigenvalue weighted by Crippen LogP contribution is -2.23. The topological polar surface area (TPSA) is 72.5 Å². The van der Waals surface area contributed by atoms with Crippen molar-refractivity contribution in [1.29, 1.82) is 0 Å². The fraction of sp³-hybridized carbons (Fsp3) is 0.217. The molecule has 0 unspecified atom stereocenters. The third-order valence-electron chi connectivity index (χ3n) is 4.52. The molecule has 0 spiro atoms. The summed E-state index contributed by atoms with van der Waals surface area (Å²) in [7, 11) is 3.17. The van der Waals surface area contributed by atoms with Crippen LogP contribution in [0.1, 0.15) is 27.0 Å². The number of nitrogens with zero attached hydrogens (tertiary/aromatic N) is 1. The van der Waals surface area contributed by atoms with Crippen LogP contribution in [0.5, 0.6) is 11.5 Å². The average molecular weight is 391 g/mol. The largest absolute Gasteiger partial charge is 0.493 e. The Morgan fingerprint density at radius 3 is 2.34 bits per heavy atom. The first-order valence-electron chi connectivity index (χ1n) is 9.32. The Hall–Kier alpha value is -3.54. The van der Waals surface area contributed by atoms with Crippen molar-refractivity contribution in [3.8, 4) is 11.5 Å². The van der Waals surface area contributed by atoms with Crippen LogP contribution in [0.25, 0.3) is 0 Å². The zero-order valence-corrected chi connectivity index (χ0v) is 16.9. The number of aromatic nitrogens is 1. The van der Waals surface area contributed by atoms with Crippen molar-refractivity contribution in [1.82, 2.24) is 10.3 Å². The molecule has 0 saturated carbocycles. The van der Waals surface area contributed by atoms with E-state index in [-0.39, 0.29) is 5.91 Å². The molecule has 6 heteroatoms. The van der Waals surface area contributed by atoms with Crippen LogP contribution < -0.4 is 20.1 Å². The minimum atomic E-state index is -0.189. The third kappa shape index (κ3) is 5.48. The molecule has 0 aliphatic carbocycles. The quantitative estimate of drug-likeness (QED) is 0.608. The summed E-state index contributed by atoms with van der Waals surface area (Å²) in [6, 6.07) is 15.7. The van der Waals surface area contributed by atoms with Gasteiger partial charge in [0.15, 0.2) is 11.5 Å². The summed E-state index contributed by atoms with van der Waals surface area (Å²) < 4.78 is 10.5. The Labute approximate surface area is 170 Å². The molecule has 1 aromatic heterocycles. The number of nitrogens with one attached hydrogen (secondary N) is 2. The van der Waals surface area contributed by atoms with Crippen LogP contribution in [0.4, 0.5) is 5.69 Å². The normalized spacial score (nSPS) is 10.3. The molecule has 29 heavy (non-hydrogen) atoms. The van der Waals surface area contributed by atoms with Gasteiger partial charge in [-0.1, -0.05) is 35.9 Å². The fourth-order valence-electron chi connectivity index (χ4n) is 2.85. The van der Waals surface area contributed by atoms with E-state index in [1.807, 2.05) is 18.2 Å². The van der Waals surface area contributed by atoms with Gasteiger partial charge in [0.25, 0.3) is 5.91 Å². The number of carbonyl (C=O) groups is 1. The molecular weight excluding hydrogens is 366 g/mol. The Kier molecular flexibility index (Phi) is 6.68. The summed E-state index contributed by atoms with van der Waals surface area (Å²) in [6.07, 6.45) is 3.26. The number of methoxy groups -OCH3 is 2. The Balaban J connectivity index is 1.59. The van der Waals surface area contributed by atoms with Crippen LogP contribution in [0.15, 0.2) is 60.9 Å². The lowest BCUT2D eigenvalue weighted by Gasteiger charge is -2.11. The molecule has 0 bridgehead atoms. The highest BCUT2D eigenvalue weighted by Crippen LogP contribution is 2.27. The number of benzene rings is 2. The third-order valence-corrected chi connectivity index (χ3v) is 4.52. The number of rotatable bonds is 8. The Morgan fingerprint density at radius 1 is 0.897 bits per heavy atom. The second kappa shape index (κ2) is 9.59. The summed E-state index contributed by atoms with van der Waals surface area (Å²) >= 11 is 0. The number of hydrogen-bond donors (Lipinski definition) is 2. The Morgan fingerprint density at radius 2 is 1.62 bits per heavy atom. The van der Waals surface area contributed by atoms with E-state index in [1.54, 1.807) is 32.7 Å². The molecule has 1 amide bonds. The van der Waals surface area contributed by atoms with E-state index in [9.17, 15) is 4.79 Å². The van der Waals surface area contributed by atoms with E-state index < -0.39 is 0 Å². The number of pyridine rings is 1. The molecule has 0 fully saturated rings. The van der Waals surface area contributed by atoms with Crippen molar-refractivity contribution in [2.75, 3.05) is 19.5 Å². The standard InChI is InChI=1S/C23H25N3O3/c1-16-4-6-17(7-5-16)12-25-20-11-19(14-24-15-20)23(27)26-13-18-8-9-21(28-2)22(10-18)29-3/h4-11,14-15,25H,12-13H2,1-3H3,(H,26,27). The summed E-state index contributed by atoms with van der Waals surface area (Å²) in [6.45, 7) is 3.10. The maximum Gasteiger partial charge on any atom is 0.253 e. The molecule has 0 saturated heterocycles. The van der Waals surface area contributed by atoms with Gasteiger partial charge < -0.3 is 20.1 Å². The molecule has 0 aliphatic rings. The molecule has 2 aromatic carbocycles. The molecule has 6 nitrogen and oxygen atoms in total. The lowest BCUT2D eigenvalue weighted by atomic mass is 10.1. The molecular formula is C23H25N3O3. The molecule has 150 valence electrons. The zero-order chi connectivity index (χ0) is 20.6. The van der Waals surface area contributed by atoms with Crippen molar-refractivity contribution in [2.45, 2.75) is 20.0 Å².